The number of pyridine rings is 1. The first kappa shape index (κ1) is 13.5. The molecule has 1 aromatic heterocycles. The second kappa shape index (κ2) is 5.65. The zero-order chi connectivity index (χ0) is 12.9. The Hall–Kier alpha value is -1.59. The molecule has 0 radical (unpaired) electrons. The van der Waals surface area contributed by atoms with Crippen molar-refractivity contribution in [1.82, 2.24) is 10.3 Å². The predicted molar refractivity (Wildman–Crippen MR) is 56.2 cm³/mol. The number of alkyl halides is 3. The molecule has 0 atom stereocenters. The first-order valence-electron chi connectivity index (χ1n) is 5.22. The van der Waals surface area contributed by atoms with Crippen LogP contribution in [-0.4, -0.2) is 17.4 Å². The summed E-state index contributed by atoms with van der Waals surface area (Å²) in [5.41, 5.74) is -0.667. The number of hydrogen-bond donors (Lipinski definition) is 1. The lowest BCUT2D eigenvalue weighted by Gasteiger charge is -2.07. The van der Waals surface area contributed by atoms with Crippen molar-refractivity contribution in [2.24, 2.45) is 0 Å². The van der Waals surface area contributed by atoms with E-state index in [0.29, 0.717) is 12.1 Å². The van der Waals surface area contributed by atoms with Gasteiger partial charge in [-0.3, -0.25) is 9.78 Å². The van der Waals surface area contributed by atoms with Gasteiger partial charge in [0.2, 0.25) is 5.91 Å². The van der Waals surface area contributed by atoms with Crippen LogP contribution in [0.5, 0.6) is 0 Å². The second-order valence-corrected chi connectivity index (χ2v) is 3.57. The van der Waals surface area contributed by atoms with Gasteiger partial charge in [0.1, 0.15) is 5.69 Å². The van der Waals surface area contributed by atoms with Crippen LogP contribution in [0.2, 0.25) is 0 Å². The molecular weight excluding hydrogens is 233 g/mol. The largest absolute Gasteiger partial charge is 0.433 e. The van der Waals surface area contributed by atoms with Crippen molar-refractivity contribution in [1.29, 1.82) is 0 Å². The van der Waals surface area contributed by atoms with Crippen molar-refractivity contribution < 1.29 is 18.0 Å². The molecule has 94 valence electrons. The zero-order valence-electron chi connectivity index (χ0n) is 9.34. The highest BCUT2D eigenvalue weighted by Crippen LogP contribution is 2.27. The lowest BCUT2D eigenvalue weighted by Crippen LogP contribution is -2.25. The molecule has 1 heterocycles. The van der Waals surface area contributed by atoms with Crippen molar-refractivity contribution >= 4 is 5.91 Å². The van der Waals surface area contributed by atoms with Gasteiger partial charge in [0.25, 0.3) is 0 Å². The molecule has 17 heavy (non-hydrogen) atoms. The molecule has 0 aromatic carbocycles. The molecule has 0 bridgehead atoms. The van der Waals surface area contributed by atoms with Gasteiger partial charge >= 0.3 is 6.18 Å². The Morgan fingerprint density at radius 1 is 1.47 bits per heavy atom. The Labute approximate surface area is 97.0 Å². The Bertz CT molecular complexity index is 391. The van der Waals surface area contributed by atoms with Gasteiger partial charge in [-0.05, 0) is 24.1 Å². The summed E-state index contributed by atoms with van der Waals surface area (Å²) in [4.78, 5) is 14.5. The third-order valence-electron chi connectivity index (χ3n) is 2.05. The summed E-state index contributed by atoms with van der Waals surface area (Å²) < 4.78 is 37.0. The van der Waals surface area contributed by atoms with Gasteiger partial charge in [0.15, 0.2) is 0 Å². The van der Waals surface area contributed by atoms with E-state index in [1.807, 2.05) is 6.92 Å². The summed E-state index contributed by atoms with van der Waals surface area (Å²) in [6.45, 7) is 2.42. The van der Waals surface area contributed by atoms with Crippen molar-refractivity contribution in [2.45, 2.75) is 25.9 Å². The molecule has 0 aliphatic heterocycles. The standard InChI is InChI=1S/C11H13F3N2O/c1-2-4-16-10(17)7-8-3-5-15-9(6-8)11(12,13)14/h3,5-6H,2,4,7H2,1H3,(H,16,17). The quantitative estimate of drug-likeness (QED) is 0.884. The lowest BCUT2D eigenvalue weighted by molar-refractivity contribution is -0.141. The number of halogens is 3. The number of nitrogens with zero attached hydrogens (tertiary/aromatic N) is 1. The fourth-order valence-corrected chi connectivity index (χ4v) is 1.25. The SMILES string of the molecule is CCCNC(=O)Cc1ccnc(C(F)(F)F)c1. The molecule has 0 unspecified atom stereocenters. The Morgan fingerprint density at radius 3 is 2.76 bits per heavy atom. The molecule has 0 aliphatic carbocycles. The smallest absolute Gasteiger partial charge is 0.356 e. The minimum absolute atomic E-state index is 0.0639. The van der Waals surface area contributed by atoms with Crippen molar-refractivity contribution in [2.75, 3.05) is 6.54 Å². The van der Waals surface area contributed by atoms with E-state index in [1.165, 1.54) is 6.07 Å². The predicted octanol–water partition coefficient (Wildman–Crippen LogP) is 2.17. The van der Waals surface area contributed by atoms with Crippen molar-refractivity contribution in [3.8, 4) is 0 Å². The van der Waals surface area contributed by atoms with E-state index in [2.05, 4.69) is 10.3 Å². The number of nitrogens with one attached hydrogen (secondary N) is 1. The third kappa shape index (κ3) is 4.42. The average Bonchev–Trinajstić information content (AvgIpc) is 2.25. The molecule has 1 rings (SSSR count). The van der Waals surface area contributed by atoms with Gasteiger partial charge in [-0.1, -0.05) is 6.92 Å². The summed E-state index contributed by atoms with van der Waals surface area (Å²) in [6.07, 6.45) is -2.69. The molecule has 0 saturated heterocycles. The van der Waals surface area contributed by atoms with Crippen LogP contribution in [0.3, 0.4) is 0 Å². The Morgan fingerprint density at radius 2 is 2.18 bits per heavy atom. The van der Waals surface area contributed by atoms with Gasteiger partial charge < -0.3 is 5.32 Å². The van der Waals surface area contributed by atoms with E-state index in [9.17, 15) is 18.0 Å². The maximum atomic E-state index is 12.3. The Balaban J connectivity index is 2.69. The molecule has 0 fully saturated rings. The summed E-state index contributed by atoms with van der Waals surface area (Å²) in [7, 11) is 0. The Kier molecular flexibility index (Phi) is 4.48. The van der Waals surface area contributed by atoms with Gasteiger partial charge in [-0.15, -0.1) is 0 Å². The van der Waals surface area contributed by atoms with Crippen LogP contribution in [-0.2, 0) is 17.4 Å². The first-order valence-corrected chi connectivity index (χ1v) is 5.22. The van der Waals surface area contributed by atoms with E-state index in [0.717, 1.165) is 18.7 Å². The highest BCUT2D eigenvalue weighted by Gasteiger charge is 2.32. The molecule has 0 spiro atoms. The van der Waals surface area contributed by atoms with Crippen LogP contribution < -0.4 is 5.32 Å². The topological polar surface area (TPSA) is 42.0 Å². The van der Waals surface area contributed by atoms with Gasteiger partial charge in [0.05, 0.1) is 6.42 Å². The van der Waals surface area contributed by atoms with Crippen molar-refractivity contribution in [3.63, 3.8) is 0 Å². The minimum Gasteiger partial charge on any atom is -0.356 e. The van der Waals surface area contributed by atoms with E-state index in [-0.39, 0.29) is 12.3 Å². The number of carbonyl (C=O) groups is 1. The molecule has 0 aliphatic rings. The van der Waals surface area contributed by atoms with Crippen LogP contribution in [0, 0.1) is 0 Å². The number of amides is 1. The van der Waals surface area contributed by atoms with E-state index >= 15 is 0 Å². The lowest BCUT2D eigenvalue weighted by atomic mass is 10.1. The fraction of sp³-hybridized carbons (Fsp3) is 0.455. The van der Waals surface area contributed by atoms with E-state index in [1.54, 1.807) is 0 Å². The van der Waals surface area contributed by atoms with E-state index < -0.39 is 11.9 Å². The second-order valence-electron chi connectivity index (χ2n) is 3.57. The third-order valence-corrected chi connectivity index (χ3v) is 2.05. The van der Waals surface area contributed by atoms with Crippen LogP contribution in [0.25, 0.3) is 0 Å². The molecule has 0 saturated carbocycles. The van der Waals surface area contributed by atoms with Crippen LogP contribution in [0.1, 0.15) is 24.6 Å². The zero-order valence-corrected chi connectivity index (χ0v) is 9.34. The van der Waals surface area contributed by atoms with Gasteiger partial charge in [-0.25, -0.2) is 0 Å². The summed E-state index contributed by atoms with van der Waals surface area (Å²) >= 11 is 0. The molecule has 1 N–H and O–H groups in total. The monoisotopic (exact) mass is 246 g/mol. The summed E-state index contributed by atoms with van der Waals surface area (Å²) in [5.74, 6) is -0.286. The van der Waals surface area contributed by atoms with Gasteiger partial charge in [0, 0.05) is 12.7 Å². The number of hydrogen-bond acceptors (Lipinski definition) is 2. The highest BCUT2D eigenvalue weighted by molar-refractivity contribution is 5.78. The van der Waals surface area contributed by atoms with E-state index in [4.69, 9.17) is 0 Å². The number of aromatic nitrogens is 1. The average molecular weight is 246 g/mol. The molecule has 1 aromatic rings. The summed E-state index contributed by atoms with van der Waals surface area (Å²) in [6, 6.07) is 2.30. The molecule has 6 heteroatoms. The van der Waals surface area contributed by atoms with Crippen LogP contribution in [0.15, 0.2) is 18.3 Å². The fourth-order valence-electron chi connectivity index (χ4n) is 1.25. The normalized spacial score (nSPS) is 11.3. The highest BCUT2D eigenvalue weighted by atomic mass is 19.4. The van der Waals surface area contributed by atoms with Crippen molar-refractivity contribution in [3.05, 3.63) is 29.6 Å². The van der Waals surface area contributed by atoms with Gasteiger partial charge in [-0.2, -0.15) is 13.2 Å². The molecular formula is C11H13F3N2O. The summed E-state index contributed by atoms with van der Waals surface area (Å²) in [5, 5.41) is 2.60. The van der Waals surface area contributed by atoms with Crippen LogP contribution >= 0.6 is 0 Å². The number of rotatable bonds is 4. The first-order chi connectivity index (χ1) is 7.93. The maximum Gasteiger partial charge on any atom is 0.433 e. The minimum atomic E-state index is -4.48. The van der Waals surface area contributed by atoms with Crippen LogP contribution in [0.4, 0.5) is 13.2 Å². The number of carbonyl (C=O) groups excluding carboxylic acids is 1. The maximum absolute atomic E-state index is 12.3. The molecule has 1 amide bonds. The molecule has 3 nitrogen and oxygen atoms in total.